The van der Waals surface area contributed by atoms with Gasteiger partial charge < -0.3 is 18.7 Å². The summed E-state index contributed by atoms with van der Waals surface area (Å²) in [7, 11) is 0. The van der Waals surface area contributed by atoms with Crippen LogP contribution in [-0.4, -0.2) is 27.9 Å². The Hall–Kier alpha value is -2.15. The molecule has 0 saturated heterocycles. The van der Waals surface area contributed by atoms with Crippen molar-refractivity contribution in [2.75, 3.05) is 6.61 Å². The average molecular weight is 224 g/mol. The molecule has 2 aromatic heterocycles. The molecule has 0 saturated carbocycles. The Bertz CT molecular complexity index is 462. The smallest absolute Gasteiger partial charge is 0.329 e. The van der Waals surface area contributed by atoms with Crippen LogP contribution >= 0.6 is 0 Å². The van der Waals surface area contributed by atoms with Crippen LogP contribution in [-0.2, 0) is 16.1 Å². The third-order valence-corrected chi connectivity index (χ3v) is 1.65. The minimum atomic E-state index is -1.05. The topological polar surface area (TPSA) is 98.6 Å². The molecule has 2 heterocycles. The zero-order valence-electron chi connectivity index (χ0n) is 8.12. The molecule has 0 aliphatic heterocycles. The van der Waals surface area contributed by atoms with Crippen molar-refractivity contribution in [1.29, 1.82) is 0 Å². The summed E-state index contributed by atoms with van der Waals surface area (Å²) < 4.78 is 15.0. The maximum Gasteiger partial charge on any atom is 0.329 e. The molecule has 2 aromatic rings. The Kier molecular flexibility index (Phi) is 2.97. The summed E-state index contributed by atoms with van der Waals surface area (Å²) in [5.41, 5.74) is 0. The van der Waals surface area contributed by atoms with Crippen molar-refractivity contribution in [2.24, 2.45) is 0 Å². The summed E-state index contributed by atoms with van der Waals surface area (Å²) in [5.74, 6) is -0.158. The van der Waals surface area contributed by atoms with Gasteiger partial charge in [-0.1, -0.05) is 0 Å². The number of hydrogen-bond donors (Lipinski definition) is 1. The minimum Gasteiger partial charge on any atom is -0.480 e. The highest BCUT2D eigenvalue weighted by molar-refractivity contribution is 5.67. The van der Waals surface area contributed by atoms with Crippen LogP contribution in [0.2, 0.25) is 0 Å². The van der Waals surface area contributed by atoms with Crippen LogP contribution < -0.4 is 0 Å². The number of hydrogen-bond acceptors (Lipinski definition) is 6. The number of aromatic nitrogens is 2. The molecule has 7 nitrogen and oxygen atoms in total. The molecule has 0 unspecified atom stereocenters. The van der Waals surface area contributed by atoms with Crippen molar-refractivity contribution >= 4 is 5.97 Å². The van der Waals surface area contributed by atoms with Gasteiger partial charge in [0.25, 0.3) is 5.89 Å². The van der Waals surface area contributed by atoms with Crippen LogP contribution in [0.3, 0.4) is 0 Å². The van der Waals surface area contributed by atoms with Gasteiger partial charge in [0.05, 0.1) is 6.26 Å². The first-order valence-electron chi connectivity index (χ1n) is 4.41. The summed E-state index contributed by atoms with van der Waals surface area (Å²) in [6.45, 7) is -0.446. The highest BCUT2D eigenvalue weighted by Gasteiger charge is 2.10. The van der Waals surface area contributed by atoms with Crippen LogP contribution in [0, 0.1) is 0 Å². The van der Waals surface area contributed by atoms with Crippen LogP contribution in [0.15, 0.2) is 27.2 Å². The number of nitrogens with zero attached hydrogens (tertiary/aromatic N) is 2. The van der Waals surface area contributed by atoms with Crippen molar-refractivity contribution < 1.29 is 23.5 Å². The number of carboxylic acids is 1. The molecule has 0 spiro atoms. The molecular formula is C9H8N2O5. The molecule has 1 N–H and O–H groups in total. The van der Waals surface area contributed by atoms with Gasteiger partial charge >= 0.3 is 5.97 Å². The standard InChI is InChI=1S/C9H8N2O5/c12-8(13)5-14-4-7-10-11-9(16-7)6-2-1-3-15-6/h1-3H,4-5H2,(H,12,13). The van der Waals surface area contributed by atoms with E-state index in [4.69, 9.17) is 18.7 Å². The van der Waals surface area contributed by atoms with Crippen LogP contribution in [0.1, 0.15) is 5.89 Å². The van der Waals surface area contributed by atoms with E-state index in [1.54, 1.807) is 12.1 Å². The number of ether oxygens (including phenoxy) is 1. The molecular weight excluding hydrogens is 216 g/mol. The van der Waals surface area contributed by atoms with Crippen LogP contribution in [0.25, 0.3) is 11.7 Å². The fraction of sp³-hybridized carbons (Fsp3) is 0.222. The van der Waals surface area contributed by atoms with Gasteiger partial charge in [0, 0.05) is 0 Å². The predicted molar refractivity (Wildman–Crippen MR) is 49.3 cm³/mol. The second kappa shape index (κ2) is 4.58. The van der Waals surface area contributed by atoms with E-state index in [9.17, 15) is 4.79 Å². The van der Waals surface area contributed by atoms with Gasteiger partial charge in [0.1, 0.15) is 13.2 Å². The Balaban J connectivity index is 1.95. The number of carbonyl (C=O) groups is 1. The normalized spacial score (nSPS) is 10.5. The molecule has 7 heteroatoms. The number of rotatable bonds is 5. The van der Waals surface area contributed by atoms with Gasteiger partial charge in [-0.2, -0.15) is 0 Å². The van der Waals surface area contributed by atoms with Crippen molar-refractivity contribution in [1.82, 2.24) is 10.2 Å². The van der Waals surface area contributed by atoms with Gasteiger partial charge in [-0.25, -0.2) is 4.79 Å². The Labute approximate surface area is 89.6 Å². The van der Waals surface area contributed by atoms with E-state index in [-0.39, 0.29) is 18.4 Å². The van der Waals surface area contributed by atoms with Gasteiger partial charge in [-0.05, 0) is 12.1 Å². The lowest BCUT2D eigenvalue weighted by molar-refractivity contribution is -0.142. The molecule has 84 valence electrons. The quantitative estimate of drug-likeness (QED) is 0.806. The highest BCUT2D eigenvalue weighted by atomic mass is 16.5. The predicted octanol–water partition coefficient (Wildman–Crippen LogP) is 0.931. The fourth-order valence-corrected chi connectivity index (χ4v) is 1.04. The Morgan fingerprint density at radius 3 is 3.06 bits per heavy atom. The molecule has 0 atom stereocenters. The van der Waals surface area contributed by atoms with Gasteiger partial charge in [0.2, 0.25) is 5.89 Å². The SMILES string of the molecule is O=C(O)COCc1nnc(-c2ccco2)o1. The minimum absolute atomic E-state index is 0.0417. The molecule has 0 fully saturated rings. The lowest BCUT2D eigenvalue weighted by Crippen LogP contribution is -2.06. The monoisotopic (exact) mass is 224 g/mol. The van der Waals surface area contributed by atoms with E-state index in [1.165, 1.54) is 6.26 Å². The van der Waals surface area contributed by atoms with E-state index in [2.05, 4.69) is 10.2 Å². The largest absolute Gasteiger partial charge is 0.480 e. The van der Waals surface area contributed by atoms with E-state index < -0.39 is 12.6 Å². The van der Waals surface area contributed by atoms with E-state index >= 15 is 0 Å². The second-order valence-electron chi connectivity index (χ2n) is 2.86. The van der Waals surface area contributed by atoms with E-state index in [1.807, 2.05) is 0 Å². The third kappa shape index (κ3) is 2.45. The Morgan fingerprint density at radius 1 is 1.50 bits per heavy atom. The molecule has 0 bridgehead atoms. The fourth-order valence-electron chi connectivity index (χ4n) is 1.04. The first-order valence-corrected chi connectivity index (χ1v) is 4.41. The lowest BCUT2D eigenvalue weighted by atomic mass is 10.5. The molecule has 2 rings (SSSR count). The summed E-state index contributed by atoms with van der Waals surface area (Å²) in [5, 5.41) is 15.7. The molecule has 0 aromatic carbocycles. The van der Waals surface area contributed by atoms with Gasteiger partial charge in [0.15, 0.2) is 5.76 Å². The van der Waals surface area contributed by atoms with Crippen molar-refractivity contribution in [3.8, 4) is 11.7 Å². The zero-order valence-corrected chi connectivity index (χ0v) is 8.12. The summed E-state index contributed by atoms with van der Waals surface area (Å²) in [6.07, 6.45) is 1.49. The van der Waals surface area contributed by atoms with Crippen LogP contribution in [0.5, 0.6) is 0 Å². The number of carboxylic acid groups (broad SMARTS) is 1. The zero-order chi connectivity index (χ0) is 11.4. The summed E-state index contributed by atoms with van der Waals surface area (Å²) in [6, 6.07) is 3.37. The molecule has 0 aliphatic rings. The Morgan fingerprint density at radius 2 is 2.38 bits per heavy atom. The first kappa shape index (κ1) is 10.4. The van der Waals surface area contributed by atoms with Crippen molar-refractivity contribution in [3.63, 3.8) is 0 Å². The van der Waals surface area contributed by atoms with Crippen molar-refractivity contribution in [3.05, 3.63) is 24.3 Å². The molecule has 0 aliphatic carbocycles. The van der Waals surface area contributed by atoms with Gasteiger partial charge in [-0.3, -0.25) is 0 Å². The lowest BCUT2D eigenvalue weighted by Gasteiger charge is -1.94. The second-order valence-corrected chi connectivity index (χ2v) is 2.86. The maximum absolute atomic E-state index is 10.2. The first-order chi connectivity index (χ1) is 7.75. The van der Waals surface area contributed by atoms with Crippen molar-refractivity contribution in [2.45, 2.75) is 6.61 Å². The highest BCUT2D eigenvalue weighted by Crippen LogP contribution is 2.17. The maximum atomic E-state index is 10.2. The number of aliphatic carboxylic acids is 1. The molecule has 0 radical (unpaired) electrons. The molecule has 16 heavy (non-hydrogen) atoms. The summed E-state index contributed by atoms with van der Waals surface area (Å²) in [4.78, 5) is 10.2. The number of furan rings is 1. The van der Waals surface area contributed by atoms with Gasteiger partial charge in [-0.15, -0.1) is 10.2 Å². The third-order valence-electron chi connectivity index (χ3n) is 1.65. The van der Waals surface area contributed by atoms with E-state index in [0.29, 0.717) is 5.76 Å². The average Bonchev–Trinajstić information content (AvgIpc) is 2.85. The van der Waals surface area contributed by atoms with E-state index in [0.717, 1.165) is 0 Å². The van der Waals surface area contributed by atoms with Crippen LogP contribution in [0.4, 0.5) is 0 Å². The summed E-state index contributed by atoms with van der Waals surface area (Å²) >= 11 is 0. The molecule has 0 amide bonds.